The van der Waals surface area contributed by atoms with Crippen molar-refractivity contribution in [1.29, 1.82) is 0 Å². The number of hydrogen-bond donors (Lipinski definition) is 3. The number of thiazole rings is 1. The first-order valence-electron chi connectivity index (χ1n) is 11.8. The largest absolute Gasteiger partial charge is 0.393 e. The molecule has 2 aromatic rings. The Morgan fingerprint density at radius 1 is 1.09 bits per heavy atom. The van der Waals surface area contributed by atoms with Gasteiger partial charge in [-0.05, 0) is 75.5 Å². The highest BCUT2D eigenvalue weighted by Crippen LogP contribution is 2.35. The Morgan fingerprint density at radius 3 is 2.62 bits per heavy atom. The zero-order valence-corrected chi connectivity index (χ0v) is 20.7. The lowest BCUT2D eigenvalue weighted by molar-refractivity contribution is 0.117. The van der Waals surface area contributed by atoms with Gasteiger partial charge in [0.25, 0.3) is 0 Å². The molecule has 32 heavy (non-hydrogen) atoms. The van der Waals surface area contributed by atoms with Gasteiger partial charge >= 0.3 is 0 Å². The summed E-state index contributed by atoms with van der Waals surface area (Å²) >= 11 is 1.59. The van der Waals surface area contributed by atoms with E-state index in [9.17, 15) is 13.5 Å². The Hall–Kier alpha value is -1.48. The van der Waals surface area contributed by atoms with Crippen molar-refractivity contribution in [2.45, 2.75) is 88.7 Å². The maximum atomic E-state index is 13.2. The third-order valence-electron chi connectivity index (χ3n) is 6.77. The number of aromatic nitrogens is 1. The Balaban J connectivity index is 1.51. The number of anilines is 1. The molecule has 6 nitrogen and oxygen atoms in total. The number of benzene rings is 1. The zero-order chi connectivity index (χ0) is 22.7. The maximum Gasteiger partial charge on any atom is 0.241 e. The minimum atomic E-state index is -3.67. The second-order valence-corrected chi connectivity index (χ2v) is 12.1. The molecule has 0 bridgehead atoms. The van der Waals surface area contributed by atoms with Gasteiger partial charge in [0.15, 0.2) is 5.13 Å². The van der Waals surface area contributed by atoms with Gasteiger partial charge in [-0.1, -0.05) is 42.7 Å². The molecule has 0 radical (unpaired) electrons. The van der Waals surface area contributed by atoms with E-state index in [-0.39, 0.29) is 6.04 Å². The van der Waals surface area contributed by atoms with E-state index in [0.29, 0.717) is 11.3 Å². The summed E-state index contributed by atoms with van der Waals surface area (Å²) in [6.07, 6.45) is 8.96. The predicted molar refractivity (Wildman–Crippen MR) is 131 cm³/mol. The third-order valence-corrected chi connectivity index (χ3v) is 9.60. The average molecular weight is 478 g/mol. The highest BCUT2D eigenvalue weighted by molar-refractivity contribution is 7.89. The van der Waals surface area contributed by atoms with Crippen molar-refractivity contribution in [3.05, 3.63) is 29.5 Å². The molecule has 2 aliphatic rings. The summed E-state index contributed by atoms with van der Waals surface area (Å²) in [6.45, 7) is 4.76. The number of aryl methyl sites for hydroxylation is 2. The van der Waals surface area contributed by atoms with Crippen LogP contribution in [0.25, 0.3) is 10.4 Å². The molecule has 2 aliphatic carbocycles. The van der Waals surface area contributed by atoms with Gasteiger partial charge in [0.2, 0.25) is 10.0 Å². The molecule has 4 rings (SSSR count). The van der Waals surface area contributed by atoms with Gasteiger partial charge in [-0.25, -0.2) is 18.1 Å². The summed E-state index contributed by atoms with van der Waals surface area (Å²) in [6, 6.07) is 5.40. The van der Waals surface area contributed by atoms with E-state index in [1.807, 2.05) is 26.0 Å². The van der Waals surface area contributed by atoms with Crippen LogP contribution in [-0.4, -0.2) is 37.2 Å². The normalized spacial score (nSPS) is 22.7. The standard InChI is InChI=1S/C24H35N3O3S2/c1-16-11-12-19(13-22(16)32(29,30)27-20-9-6-10-21(28)14-20)23-17(2)26-24(31-23)25-15-18-7-4-3-5-8-18/h11-13,18,20-21,27-28H,3-10,14-15H2,1-2H3,(H,25,26). The van der Waals surface area contributed by atoms with Gasteiger partial charge in [-0.2, -0.15) is 0 Å². The van der Waals surface area contributed by atoms with Crippen LogP contribution in [0.2, 0.25) is 0 Å². The van der Waals surface area contributed by atoms with Crippen molar-refractivity contribution < 1.29 is 13.5 Å². The fraction of sp³-hybridized carbons (Fsp3) is 0.625. The Bertz CT molecular complexity index is 1030. The second-order valence-electron chi connectivity index (χ2n) is 9.44. The van der Waals surface area contributed by atoms with Crippen molar-refractivity contribution in [3.8, 4) is 10.4 Å². The number of nitrogens with one attached hydrogen (secondary N) is 2. The Kier molecular flexibility index (Phi) is 7.54. The fourth-order valence-electron chi connectivity index (χ4n) is 4.95. The molecule has 1 heterocycles. The summed E-state index contributed by atoms with van der Waals surface area (Å²) in [5.41, 5.74) is 2.51. The van der Waals surface area contributed by atoms with E-state index in [2.05, 4.69) is 10.0 Å². The third kappa shape index (κ3) is 5.71. The van der Waals surface area contributed by atoms with Crippen molar-refractivity contribution >= 4 is 26.5 Å². The molecule has 3 N–H and O–H groups in total. The lowest BCUT2D eigenvalue weighted by Gasteiger charge is -2.26. The molecule has 2 saturated carbocycles. The Morgan fingerprint density at radius 2 is 1.88 bits per heavy atom. The van der Waals surface area contributed by atoms with E-state index in [1.54, 1.807) is 17.4 Å². The van der Waals surface area contributed by atoms with E-state index in [0.717, 1.165) is 58.6 Å². The molecule has 2 atom stereocenters. The van der Waals surface area contributed by atoms with Gasteiger partial charge in [0.1, 0.15) is 0 Å². The van der Waals surface area contributed by atoms with Crippen LogP contribution in [0, 0.1) is 19.8 Å². The number of sulfonamides is 1. The van der Waals surface area contributed by atoms with Crippen LogP contribution in [0.1, 0.15) is 69.0 Å². The topological polar surface area (TPSA) is 91.3 Å². The minimum Gasteiger partial charge on any atom is -0.393 e. The molecule has 0 spiro atoms. The molecule has 2 unspecified atom stereocenters. The van der Waals surface area contributed by atoms with Gasteiger partial charge < -0.3 is 10.4 Å². The van der Waals surface area contributed by atoms with E-state index in [4.69, 9.17) is 4.98 Å². The van der Waals surface area contributed by atoms with Crippen LogP contribution < -0.4 is 10.0 Å². The van der Waals surface area contributed by atoms with Gasteiger partial charge in [-0.3, -0.25) is 0 Å². The van der Waals surface area contributed by atoms with Crippen LogP contribution in [0.4, 0.5) is 5.13 Å². The van der Waals surface area contributed by atoms with Gasteiger partial charge in [0.05, 0.1) is 21.6 Å². The number of hydrogen-bond acceptors (Lipinski definition) is 6. The average Bonchev–Trinajstić information content (AvgIpc) is 3.13. The number of aliphatic hydroxyl groups is 1. The van der Waals surface area contributed by atoms with E-state index < -0.39 is 16.1 Å². The van der Waals surface area contributed by atoms with Crippen molar-refractivity contribution in [3.63, 3.8) is 0 Å². The zero-order valence-electron chi connectivity index (χ0n) is 19.1. The summed E-state index contributed by atoms with van der Waals surface area (Å²) in [5, 5.41) is 14.3. The molecule has 2 fully saturated rings. The van der Waals surface area contributed by atoms with Crippen LogP contribution in [-0.2, 0) is 10.0 Å². The SMILES string of the molecule is Cc1ccc(-c2sc(NCC3CCCCC3)nc2C)cc1S(=O)(=O)NC1CCCC(O)C1. The molecule has 0 saturated heterocycles. The highest BCUT2D eigenvalue weighted by atomic mass is 32.2. The second kappa shape index (κ2) is 10.2. The maximum absolute atomic E-state index is 13.2. The first-order chi connectivity index (χ1) is 15.3. The summed E-state index contributed by atoms with van der Waals surface area (Å²) in [4.78, 5) is 6.01. The van der Waals surface area contributed by atoms with E-state index in [1.165, 1.54) is 32.1 Å². The Labute approximate surface area is 195 Å². The molecule has 0 amide bonds. The quantitative estimate of drug-likeness (QED) is 0.522. The van der Waals surface area contributed by atoms with Gasteiger partial charge in [0, 0.05) is 12.6 Å². The molecule has 1 aromatic heterocycles. The summed E-state index contributed by atoms with van der Waals surface area (Å²) in [5.74, 6) is 0.719. The predicted octanol–water partition coefficient (Wildman–Crippen LogP) is 5.00. The smallest absolute Gasteiger partial charge is 0.241 e. The van der Waals surface area contributed by atoms with Crippen molar-refractivity contribution in [2.24, 2.45) is 5.92 Å². The number of nitrogens with zero attached hydrogens (tertiary/aromatic N) is 1. The monoisotopic (exact) mass is 477 g/mol. The van der Waals surface area contributed by atoms with E-state index >= 15 is 0 Å². The number of rotatable bonds is 7. The van der Waals surface area contributed by atoms with Crippen molar-refractivity contribution in [1.82, 2.24) is 9.71 Å². The highest BCUT2D eigenvalue weighted by Gasteiger charge is 2.27. The lowest BCUT2D eigenvalue weighted by atomic mass is 9.89. The van der Waals surface area contributed by atoms with Crippen LogP contribution in [0.15, 0.2) is 23.1 Å². The van der Waals surface area contributed by atoms with Crippen LogP contribution in [0.5, 0.6) is 0 Å². The molecular weight excluding hydrogens is 442 g/mol. The molecule has 0 aliphatic heterocycles. The molecule has 8 heteroatoms. The summed E-state index contributed by atoms with van der Waals surface area (Å²) in [7, 11) is -3.67. The van der Waals surface area contributed by atoms with Crippen molar-refractivity contribution in [2.75, 3.05) is 11.9 Å². The van der Waals surface area contributed by atoms with Gasteiger partial charge in [-0.15, -0.1) is 0 Å². The van der Waals surface area contributed by atoms with Crippen LogP contribution in [0.3, 0.4) is 0 Å². The lowest BCUT2D eigenvalue weighted by Crippen LogP contribution is -2.39. The molecular formula is C24H35N3O3S2. The first kappa shape index (κ1) is 23.7. The van der Waals surface area contributed by atoms with Crippen LogP contribution >= 0.6 is 11.3 Å². The molecule has 176 valence electrons. The minimum absolute atomic E-state index is 0.215. The summed E-state index contributed by atoms with van der Waals surface area (Å²) < 4.78 is 29.1. The first-order valence-corrected chi connectivity index (χ1v) is 14.1. The number of aliphatic hydroxyl groups excluding tert-OH is 1. The molecule has 1 aromatic carbocycles. The fourth-order valence-corrected chi connectivity index (χ4v) is 7.47.